The molecule has 0 bridgehead atoms. The van der Waals surface area contributed by atoms with Gasteiger partial charge in [-0.1, -0.05) is 12.1 Å². The molecule has 1 aliphatic rings. The third-order valence-electron chi connectivity index (χ3n) is 4.27. The Bertz CT molecular complexity index is 714. The quantitative estimate of drug-likeness (QED) is 0.626. The second-order valence-electron chi connectivity index (χ2n) is 6.57. The Balaban J connectivity index is 1.73. The summed E-state index contributed by atoms with van der Waals surface area (Å²) in [4.78, 5) is 12.2. The van der Waals surface area contributed by atoms with Gasteiger partial charge in [0.2, 0.25) is 15.9 Å². The van der Waals surface area contributed by atoms with Crippen LogP contribution in [0.3, 0.4) is 0 Å². The second-order valence-corrected chi connectivity index (χ2v) is 8.30. The zero-order valence-electron chi connectivity index (χ0n) is 15.6. The summed E-state index contributed by atoms with van der Waals surface area (Å²) in [5, 5.41) is 2.68. The van der Waals surface area contributed by atoms with Crippen molar-refractivity contribution in [3.63, 3.8) is 0 Å². The van der Waals surface area contributed by atoms with E-state index >= 15 is 0 Å². The normalized spacial score (nSPS) is 18.7. The Morgan fingerprint density at radius 1 is 1.35 bits per heavy atom. The molecular formula is C18H28N2O5S. The number of nitrogens with one attached hydrogen (secondary N) is 2. The fraction of sp³-hybridized carbons (Fsp3) is 0.611. The summed E-state index contributed by atoms with van der Waals surface area (Å²) in [5.41, 5.74) is 1.56. The van der Waals surface area contributed by atoms with E-state index in [0.717, 1.165) is 25.0 Å². The van der Waals surface area contributed by atoms with Gasteiger partial charge in [-0.15, -0.1) is 0 Å². The number of carbonyl (C=O) groups excluding carboxylic acids is 1. The van der Waals surface area contributed by atoms with E-state index in [2.05, 4.69) is 10.0 Å². The highest BCUT2D eigenvalue weighted by atomic mass is 32.2. The molecule has 1 aromatic rings. The van der Waals surface area contributed by atoms with E-state index < -0.39 is 16.1 Å². The van der Waals surface area contributed by atoms with E-state index in [4.69, 9.17) is 9.47 Å². The lowest BCUT2D eigenvalue weighted by Crippen LogP contribution is -2.40. The molecule has 0 radical (unpaired) electrons. The first-order valence-electron chi connectivity index (χ1n) is 8.87. The van der Waals surface area contributed by atoms with Crippen molar-refractivity contribution in [2.45, 2.75) is 50.7 Å². The molecule has 7 nitrogen and oxygen atoms in total. The van der Waals surface area contributed by atoms with E-state index in [-0.39, 0.29) is 30.0 Å². The fourth-order valence-corrected chi connectivity index (χ4v) is 4.05. The van der Waals surface area contributed by atoms with Gasteiger partial charge in [-0.05, 0) is 50.8 Å². The van der Waals surface area contributed by atoms with Gasteiger partial charge in [-0.2, -0.15) is 0 Å². The van der Waals surface area contributed by atoms with Crippen LogP contribution in [0.2, 0.25) is 0 Å². The average molecular weight is 384 g/mol. The van der Waals surface area contributed by atoms with Crippen LogP contribution in [0.4, 0.5) is 0 Å². The van der Waals surface area contributed by atoms with Crippen LogP contribution >= 0.6 is 0 Å². The van der Waals surface area contributed by atoms with E-state index in [1.807, 2.05) is 13.0 Å². The topological polar surface area (TPSA) is 93.7 Å². The van der Waals surface area contributed by atoms with E-state index in [0.29, 0.717) is 12.2 Å². The zero-order valence-corrected chi connectivity index (χ0v) is 16.4. The number of benzene rings is 1. The van der Waals surface area contributed by atoms with Gasteiger partial charge >= 0.3 is 0 Å². The molecule has 0 saturated carbocycles. The maximum atomic E-state index is 12.4. The SMILES string of the molecule is Cc1ccc(C)c(S(=O)(=O)NCCNC(=O)C(C)OCC2CCCO2)c1. The maximum absolute atomic E-state index is 12.4. The van der Waals surface area contributed by atoms with Crippen LogP contribution in [0.25, 0.3) is 0 Å². The molecule has 26 heavy (non-hydrogen) atoms. The van der Waals surface area contributed by atoms with Crippen LogP contribution in [0, 0.1) is 13.8 Å². The number of rotatable bonds is 9. The van der Waals surface area contributed by atoms with E-state index in [9.17, 15) is 13.2 Å². The highest BCUT2D eigenvalue weighted by molar-refractivity contribution is 7.89. The molecule has 1 saturated heterocycles. The van der Waals surface area contributed by atoms with Crippen LogP contribution in [0.15, 0.2) is 23.1 Å². The minimum Gasteiger partial charge on any atom is -0.376 e. The Labute approximate surface area is 155 Å². The molecule has 2 rings (SSSR count). The van der Waals surface area contributed by atoms with Crippen molar-refractivity contribution in [1.29, 1.82) is 0 Å². The lowest BCUT2D eigenvalue weighted by Gasteiger charge is -2.16. The molecule has 146 valence electrons. The minimum atomic E-state index is -3.60. The molecule has 1 aliphatic heterocycles. The minimum absolute atomic E-state index is 0.0645. The zero-order chi connectivity index (χ0) is 19.2. The number of hydrogen-bond donors (Lipinski definition) is 2. The first kappa shape index (κ1) is 20.8. The fourth-order valence-electron chi connectivity index (χ4n) is 2.69. The maximum Gasteiger partial charge on any atom is 0.248 e. The van der Waals surface area contributed by atoms with Crippen molar-refractivity contribution in [3.05, 3.63) is 29.3 Å². The number of ether oxygens (including phenoxy) is 2. The molecular weight excluding hydrogens is 356 g/mol. The Hall–Kier alpha value is -1.48. The molecule has 1 aromatic carbocycles. The first-order chi connectivity index (χ1) is 12.3. The number of amides is 1. The van der Waals surface area contributed by atoms with Gasteiger partial charge in [0.15, 0.2) is 0 Å². The largest absolute Gasteiger partial charge is 0.376 e. The summed E-state index contributed by atoms with van der Waals surface area (Å²) in [7, 11) is -3.60. The van der Waals surface area contributed by atoms with E-state index in [1.165, 1.54) is 0 Å². The van der Waals surface area contributed by atoms with Crippen molar-refractivity contribution in [3.8, 4) is 0 Å². The summed E-state index contributed by atoms with van der Waals surface area (Å²) < 4.78 is 38.2. The number of carbonyl (C=O) groups is 1. The Morgan fingerprint density at radius 3 is 2.81 bits per heavy atom. The van der Waals surface area contributed by atoms with Gasteiger partial charge in [0.1, 0.15) is 6.10 Å². The van der Waals surface area contributed by atoms with Crippen molar-refractivity contribution in [2.24, 2.45) is 0 Å². The van der Waals surface area contributed by atoms with Crippen LogP contribution in [0.5, 0.6) is 0 Å². The average Bonchev–Trinajstić information content (AvgIpc) is 3.12. The number of sulfonamides is 1. The summed E-state index contributed by atoms with van der Waals surface area (Å²) in [6, 6.07) is 5.28. The predicted octanol–water partition coefficient (Wildman–Crippen LogP) is 1.28. The summed E-state index contributed by atoms with van der Waals surface area (Å²) in [6.45, 7) is 6.71. The molecule has 0 aliphatic carbocycles. The molecule has 2 N–H and O–H groups in total. The van der Waals surface area contributed by atoms with Gasteiger partial charge in [-0.25, -0.2) is 13.1 Å². The lowest BCUT2D eigenvalue weighted by molar-refractivity contribution is -0.133. The molecule has 1 heterocycles. The Morgan fingerprint density at radius 2 is 2.12 bits per heavy atom. The lowest BCUT2D eigenvalue weighted by atomic mass is 10.2. The first-order valence-corrected chi connectivity index (χ1v) is 10.4. The monoisotopic (exact) mass is 384 g/mol. The van der Waals surface area contributed by atoms with Gasteiger partial charge in [0, 0.05) is 19.7 Å². The molecule has 0 aromatic heterocycles. The smallest absolute Gasteiger partial charge is 0.248 e. The highest BCUT2D eigenvalue weighted by Gasteiger charge is 2.20. The molecule has 2 unspecified atom stereocenters. The van der Waals surface area contributed by atoms with Gasteiger partial charge in [0.25, 0.3) is 0 Å². The Kier molecular flexibility index (Phi) is 7.57. The van der Waals surface area contributed by atoms with Crippen molar-refractivity contribution >= 4 is 15.9 Å². The van der Waals surface area contributed by atoms with Crippen LogP contribution in [-0.2, 0) is 24.3 Å². The van der Waals surface area contributed by atoms with Gasteiger partial charge in [0.05, 0.1) is 17.6 Å². The molecule has 8 heteroatoms. The molecule has 1 fully saturated rings. The van der Waals surface area contributed by atoms with Crippen LogP contribution < -0.4 is 10.0 Å². The molecule has 1 amide bonds. The number of hydrogen-bond acceptors (Lipinski definition) is 5. The van der Waals surface area contributed by atoms with Crippen LogP contribution in [-0.4, -0.2) is 52.8 Å². The van der Waals surface area contributed by atoms with Crippen LogP contribution in [0.1, 0.15) is 30.9 Å². The van der Waals surface area contributed by atoms with Crippen molar-refractivity contribution < 1.29 is 22.7 Å². The summed E-state index contributed by atoms with van der Waals surface area (Å²) in [6.07, 6.45) is 1.44. The van der Waals surface area contributed by atoms with E-state index in [1.54, 1.807) is 26.0 Å². The van der Waals surface area contributed by atoms with Crippen molar-refractivity contribution in [1.82, 2.24) is 10.0 Å². The van der Waals surface area contributed by atoms with Gasteiger partial charge in [-0.3, -0.25) is 4.79 Å². The second kappa shape index (κ2) is 9.45. The summed E-state index contributed by atoms with van der Waals surface area (Å²) in [5.74, 6) is -0.270. The molecule has 2 atom stereocenters. The number of aryl methyl sites for hydroxylation is 2. The standard InChI is InChI=1S/C18H28N2O5S/c1-13-6-7-14(2)17(11-13)26(22,23)20-9-8-19-18(21)15(3)25-12-16-5-4-10-24-16/h6-7,11,15-16,20H,4-5,8-10,12H2,1-3H3,(H,19,21). The highest BCUT2D eigenvalue weighted by Crippen LogP contribution is 2.16. The van der Waals surface area contributed by atoms with Gasteiger partial charge < -0.3 is 14.8 Å². The third kappa shape index (κ3) is 6.05. The summed E-state index contributed by atoms with van der Waals surface area (Å²) >= 11 is 0. The van der Waals surface area contributed by atoms with Crippen molar-refractivity contribution in [2.75, 3.05) is 26.3 Å². The predicted molar refractivity (Wildman–Crippen MR) is 98.5 cm³/mol. The molecule has 0 spiro atoms. The third-order valence-corrected chi connectivity index (χ3v) is 5.88.